The lowest BCUT2D eigenvalue weighted by Crippen LogP contribution is -1.84. The van der Waals surface area contributed by atoms with Crippen LogP contribution < -0.4 is 4.74 Å². The Morgan fingerprint density at radius 3 is 1.88 bits per heavy atom. The Balaban J connectivity index is 0.000000183. The van der Waals surface area contributed by atoms with Gasteiger partial charge in [0.15, 0.2) is 0 Å². The minimum Gasteiger partial charge on any atom is -0.481 e. The summed E-state index contributed by atoms with van der Waals surface area (Å²) in [5.41, 5.74) is 4.37. The quantitative estimate of drug-likeness (QED) is 0.218. The molecule has 0 unspecified atom stereocenters. The number of hydrogen-bond donors (Lipinski definition) is 1. The topological polar surface area (TPSA) is 141 Å². The van der Waals surface area contributed by atoms with E-state index in [0.29, 0.717) is 5.88 Å². The van der Waals surface area contributed by atoms with E-state index in [2.05, 4.69) is 61.9 Å². The highest BCUT2D eigenvalue weighted by Crippen LogP contribution is 2.21. The Morgan fingerprint density at radius 1 is 0.744 bits per heavy atom. The minimum absolute atomic E-state index is 0.660. The number of nitrogens with one attached hydrogen (secondary N) is 1. The van der Waals surface area contributed by atoms with Gasteiger partial charge in [-0.1, -0.05) is 17.3 Å². The van der Waals surface area contributed by atoms with Crippen molar-refractivity contribution >= 4 is 21.6 Å². The number of hydrogen-bond acceptors (Lipinski definition) is 11. The Labute approximate surface area is 255 Å². The fraction of sp³-hybridized carbons (Fsp3) is 0.161. The number of aromatic amines is 1. The normalized spacial score (nSPS) is 9.05. The van der Waals surface area contributed by atoms with Crippen molar-refractivity contribution in [2.45, 2.75) is 27.7 Å². The van der Waals surface area contributed by atoms with Gasteiger partial charge in [0.05, 0.1) is 29.9 Å². The predicted molar refractivity (Wildman–Crippen MR) is 169 cm³/mol. The first kappa shape index (κ1) is 33.8. The third-order valence-electron chi connectivity index (χ3n) is 4.74. The van der Waals surface area contributed by atoms with Crippen LogP contribution in [0.2, 0.25) is 0 Å². The number of imidazole rings is 1. The lowest BCUT2D eigenvalue weighted by molar-refractivity contribution is 0.397. The monoisotopic (exact) mass is 597 g/mol. The lowest BCUT2D eigenvalue weighted by atomic mass is 10.3. The second kappa shape index (κ2) is 21.4. The van der Waals surface area contributed by atoms with E-state index >= 15 is 0 Å². The molecule has 7 aromatic heterocycles. The SMILES string of the molecule is COc1ccccn1.Cc1cc(C)ncn1.Cc1ccno1.Cc1csc2cncnc12.c1c[nH]cn1.c1ccncc1. The number of nitrogens with zero attached hydrogens (tertiary/aromatic N) is 8. The summed E-state index contributed by atoms with van der Waals surface area (Å²) in [6.45, 7) is 7.82. The van der Waals surface area contributed by atoms with Gasteiger partial charge in [0.2, 0.25) is 5.88 Å². The summed E-state index contributed by atoms with van der Waals surface area (Å²) >= 11 is 1.69. The second-order valence-corrected chi connectivity index (χ2v) is 9.15. The molecular formula is C31H35N9O2S. The zero-order chi connectivity index (χ0) is 31.0. The van der Waals surface area contributed by atoms with Crippen LogP contribution in [0.4, 0.5) is 0 Å². The molecule has 0 spiro atoms. The molecule has 0 amide bonds. The highest BCUT2D eigenvalue weighted by molar-refractivity contribution is 7.17. The van der Waals surface area contributed by atoms with Gasteiger partial charge in [0.1, 0.15) is 18.4 Å². The Hall–Kier alpha value is -5.36. The van der Waals surface area contributed by atoms with Crippen LogP contribution in [0.1, 0.15) is 22.7 Å². The molecule has 0 saturated heterocycles. The lowest BCUT2D eigenvalue weighted by Gasteiger charge is -1.92. The Morgan fingerprint density at radius 2 is 1.51 bits per heavy atom. The molecule has 0 aromatic carbocycles. The van der Waals surface area contributed by atoms with Gasteiger partial charge in [-0.3, -0.25) is 4.98 Å². The van der Waals surface area contributed by atoms with E-state index in [-0.39, 0.29) is 0 Å². The number of pyridine rings is 2. The van der Waals surface area contributed by atoms with Crippen molar-refractivity contribution in [2.75, 3.05) is 7.11 Å². The molecule has 7 aromatic rings. The van der Waals surface area contributed by atoms with Gasteiger partial charge >= 0.3 is 0 Å². The minimum atomic E-state index is 0.660. The molecule has 1 N–H and O–H groups in total. The zero-order valence-electron chi connectivity index (χ0n) is 24.8. The van der Waals surface area contributed by atoms with E-state index < -0.39 is 0 Å². The molecule has 0 radical (unpaired) electrons. The Kier molecular flexibility index (Phi) is 16.8. The number of aromatic nitrogens is 9. The number of ether oxygens (including phenoxy) is 1. The predicted octanol–water partition coefficient (Wildman–Crippen LogP) is 6.66. The average molecular weight is 598 g/mol. The molecule has 43 heavy (non-hydrogen) atoms. The molecule has 0 aliphatic heterocycles. The molecule has 0 atom stereocenters. The summed E-state index contributed by atoms with van der Waals surface area (Å²) in [7, 11) is 1.60. The first-order valence-electron chi connectivity index (χ1n) is 13.0. The summed E-state index contributed by atoms with van der Waals surface area (Å²) in [4.78, 5) is 30.0. The largest absolute Gasteiger partial charge is 0.481 e. The average Bonchev–Trinajstić information content (AvgIpc) is 3.86. The van der Waals surface area contributed by atoms with Gasteiger partial charge in [0, 0.05) is 60.7 Å². The van der Waals surface area contributed by atoms with Crippen molar-refractivity contribution < 1.29 is 9.26 Å². The number of thiophene rings is 1. The number of aryl methyl sites for hydroxylation is 4. The fourth-order valence-electron chi connectivity index (χ4n) is 2.77. The molecule has 7 rings (SSSR count). The number of fused-ring (bicyclic) bond motifs is 1. The Bertz CT molecular complexity index is 1540. The summed E-state index contributed by atoms with van der Waals surface area (Å²) in [5.74, 6) is 1.52. The van der Waals surface area contributed by atoms with Crippen LogP contribution in [0.15, 0.2) is 121 Å². The molecule has 0 aliphatic carbocycles. The smallest absolute Gasteiger partial charge is 0.212 e. The molecule has 0 aliphatic rings. The van der Waals surface area contributed by atoms with Crippen LogP contribution >= 0.6 is 11.3 Å². The van der Waals surface area contributed by atoms with Crippen LogP contribution in [-0.2, 0) is 0 Å². The van der Waals surface area contributed by atoms with Crippen LogP contribution in [0.5, 0.6) is 5.88 Å². The molecule has 7 heterocycles. The second-order valence-electron chi connectivity index (χ2n) is 8.24. The number of methoxy groups -OCH3 is 1. The molecule has 222 valence electrons. The van der Waals surface area contributed by atoms with Gasteiger partial charge in [-0.25, -0.2) is 29.9 Å². The third kappa shape index (κ3) is 15.9. The molecule has 0 fully saturated rings. The maximum atomic E-state index is 4.80. The summed E-state index contributed by atoms with van der Waals surface area (Å²) in [6.07, 6.45) is 16.9. The molecule has 0 bridgehead atoms. The highest BCUT2D eigenvalue weighted by Gasteiger charge is 1.98. The van der Waals surface area contributed by atoms with Crippen LogP contribution in [-0.4, -0.2) is 52.1 Å². The first-order chi connectivity index (χ1) is 21.0. The van der Waals surface area contributed by atoms with Gasteiger partial charge < -0.3 is 14.2 Å². The summed E-state index contributed by atoms with van der Waals surface area (Å²) in [5, 5.41) is 5.54. The first-order valence-corrected chi connectivity index (χ1v) is 13.9. The maximum Gasteiger partial charge on any atom is 0.212 e. The van der Waals surface area contributed by atoms with E-state index in [0.717, 1.165) is 22.7 Å². The molecule has 12 heteroatoms. The van der Waals surface area contributed by atoms with Crippen molar-refractivity contribution in [1.82, 2.24) is 45.0 Å². The van der Waals surface area contributed by atoms with E-state index in [9.17, 15) is 0 Å². The summed E-state index contributed by atoms with van der Waals surface area (Å²) in [6, 6.07) is 15.0. The maximum absolute atomic E-state index is 4.80. The van der Waals surface area contributed by atoms with Gasteiger partial charge in [-0.2, -0.15) is 0 Å². The van der Waals surface area contributed by atoms with Crippen LogP contribution in [0.3, 0.4) is 0 Å². The van der Waals surface area contributed by atoms with Crippen molar-refractivity contribution in [3.63, 3.8) is 0 Å². The fourth-order valence-corrected chi connectivity index (χ4v) is 3.63. The van der Waals surface area contributed by atoms with E-state index in [4.69, 9.17) is 4.74 Å². The molecular weight excluding hydrogens is 562 g/mol. The van der Waals surface area contributed by atoms with E-state index in [1.807, 2.05) is 63.4 Å². The van der Waals surface area contributed by atoms with Crippen molar-refractivity contribution in [1.29, 1.82) is 0 Å². The van der Waals surface area contributed by atoms with Gasteiger partial charge in [-0.05, 0) is 62.9 Å². The van der Waals surface area contributed by atoms with Gasteiger partial charge in [0.25, 0.3) is 0 Å². The van der Waals surface area contributed by atoms with Crippen LogP contribution in [0.25, 0.3) is 10.2 Å². The third-order valence-corrected chi connectivity index (χ3v) is 5.77. The van der Waals surface area contributed by atoms with Gasteiger partial charge in [-0.15, -0.1) is 11.3 Å². The summed E-state index contributed by atoms with van der Waals surface area (Å²) < 4.78 is 10.6. The highest BCUT2D eigenvalue weighted by atomic mass is 32.1. The molecule has 11 nitrogen and oxygen atoms in total. The van der Waals surface area contributed by atoms with Crippen molar-refractivity contribution in [3.05, 3.63) is 139 Å². The van der Waals surface area contributed by atoms with Crippen molar-refractivity contribution in [2.24, 2.45) is 0 Å². The number of H-pyrrole nitrogens is 1. The molecule has 0 saturated carbocycles. The zero-order valence-corrected chi connectivity index (χ0v) is 25.6. The van der Waals surface area contributed by atoms with E-state index in [1.165, 1.54) is 10.3 Å². The standard InChI is InChI=1S/C7H6N2S.C6H8N2.C6H7NO.C5H5N.C4H5NO.C3H4N2/c1-5-3-10-6-2-8-4-9-7(5)6;1-5-3-6(2)8-4-7-5;1-8-6-4-2-3-5-7-6;1-2-4-6-5-3-1;1-4-2-3-5-6-4;1-2-5-3-4-1/h2-4H,1H3;3-4H,1-2H3;2-5H,1H3;1-5H;2-3H,1H3;1-3H,(H,4,5). The van der Waals surface area contributed by atoms with Crippen molar-refractivity contribution in [3.8, 4) is 5.88 Å². The van der Waals surface area contributed by atoms with Crippen LogP contribution in [0, 0.1) is 27.7 Å². The van der Waals surface area contributed by atoms with E-state index in [1.54, 1.807) is 86.7 Å². The number of rotatable bonds is 1.